The molecular weight excluding hydrogens is 324 g/mol. The summed E-state index contributed by atoms with van der Waals surface area (Å²) in [6.45, 7) is 5.11. The fourth-order valence-electron chi connectivity index (χ4n) is 4.90. The number of ether oxygens (including phenoxy) is 1. The van der Waals surface area contributed by atoms with Crippen molar-refractivity contribution in [2.75, 3.05) is 19.6 Å². The number of esters is 1. The van der Waals surface area contributed by atoms with Gasteiger partial charge in [-0.05, 0) is 81.6 Å². The molecule has 1 aliphatic heterocycles. The van der Waals surface area contributed by atoms with E-state index in [1.165, 1.54) is 68.7 Å². The van der Waals surface area contributed by atoms with Gasteiger partial charge in [0, 0.05) is 24.0 Å². The van der Waals surface area contributed by atoms with Gasteiger partial charge in [0.15, 0.2) is 0 Å². The lowest BCUT2D eigenvalue weighted by Crippen LogP contribution is -2.34. The van der Waals surface area contributed by atoms with E-state index in [0.29, 0.717) is 5.92 Å². The molecule has 1 saturated heterocycles. The molecule has 0 spiro atoms. The number of benzene rings is 1. The number of carbonyl (C=O) groups is 1. The summed E-state index contributed by atoms with van der Waals surface area (Å²) >= 11 is 0. The highest BCUT2D eigenvalue weighted by molar-refractivity contribution is 5.83. The number of para-hydroxylation sites is 1. The Kier molecular flexibility index (Phi) is 5.30. The van der Waals surface area contributed by atoms with Crippen LogP contribution in [0.1, 0.15) is 56.9 Å². The quantitative estimate of drug-likeness (QED) is 0.806. The molecule has 2 fully saturated rings. The molecule has 140 valence electrons. The predicted octanol–water partition coefficient (Wildman–Crippen LogP) is 4.47. The first-order valence-corrected chi connectivity index (χ1v) is 10.1. The molecule has 0 amide bonds. The van der Waals surface area contributed by atoms with E-state index in [2.05, 4.69) is 40.3 Å². The Morgan fingerprint density at radius 3 is 2.81 bits per heavy atom. The highest BCUT2D eigenvalue weighted by Gasteiger charge is 2.28. The maximum Gasteiger partial charge on any atom is 0.302 e. The normalized spacial score (nSPS) is 25.0. The number of aromatic nitrogens is 1. The Morgan fingerprint density at radius 1 is 1.19 bits per heavy atom. The minimum absolute atomic E-state index is 0.130. The number of nitrogens with zero attached hydrogens (tertiary/aromatic N) is 1. The van der Waals surface area contributed by atoms with Crippen LogP contribution in [-0.4, -0.2) is 41.6 Å². The van der Waals surface area contributed by atoms with Gasteiger partial charge in [0.2, 0.25) is 0 Å². The van der Waals surface area contributed by atoms with Crippen molar-refractivity contribution in [3.63, 3.8) is 0 Å². The Balaban J connectivity index is 1.24. The fraction of sp³-hybridized carbons (Fsp3) is 0.591. The smallest absolute Gasteiger partial charge is 0.302 e. The first kappa shape index (κ1) is 17.6. The Morgan fingerprint density at radius 2 is 2.00 bits per heavy atom. The molecule has 1 aliphatic carbocycles. The number of hydrogen-bond donors (Lipinski definition) is 1. The number of rotatable bonds is 5. The number of likely N-dealkylation sites (tertiary alicyclic amines) is 1. The third kappa shape index (κ3) is 3.96. The maximum atomic E-state index is 11.1. The van der Waals surface area contributed by atoms with Crippen LogP contribution in [0.25, 0.3) is 10.9 Å². The molecule has 1 saturated carbocycles. The van der Waals surface area contributed by atoms with Crippen molar-refractivity contribution >= 4 is 16.9 Å². The van der Waals surface area contributed by atoms with Crippen molar-refractivity contribution in [2.24, 2.45) is 5.92 Å². The number of piperidine rings is 1. The summed E-state index contributed by atoms with van der Waals surface area (Å²) in [6.07, 6.45) is 9.46. The van der Waals surface area contributed by atoms with E-state index < -0.39 is 0 Å². The highest BCUT2D eigenvalue weighted by Crippen LogP contribution is 2.34. The van der Waals surface area contributed by atoms with Crippen LogP contribution in [0.15, 0.2) is 30.5 Å². The zero-order chi connectivity index (χ0) is 17.9. The molecule has 2 aliphatic rings. The van der Waals surface area contributed by atoms with E-state index in [-0.39, 0.29) is 12.1 Å². The van der Waals surface area contributed by atoms with E-state index in [1.54, 1.807) is 0 Å². The molecule has 4 nitrogen and oxygen atoms in total. The number of fused-ring (bicyclic) bond motifs is 1. The molecule has 1 aromatic heterocycles. The molecule has 26 heavy (non-hydrogen) atoms. The van der Waals surface area contributed by atoms with E-state index in [0.717, 1.165) is 18.8 Å². The summed E-state index contributed by atoms with van der Waals surface area (Å²) in [5, 5.41) is 1.40. The minimum Gasteiger partial charge on any atom is -0.463 e. The second-order valence-electron chi connectivity index (χ2n) is 8.10. The lowest BCUT2D eigenvalue weighted by molar-refractivity contribution is -0.146. The maximum absolute atomic E-state index is 11.1. The molecule has 4 rings (SSSR count). The molecule has 0 unspecified atom stereocenters. The molecule has 2 atom stereocenters. The monoisotopic (exact) mass is 354 g/mol. The van der Waals surface area contributed by atoms with Crippen LogP contribution in [0, 0.1) is 5.92 Å². The average molecular weight is 354 g/mol. The number of aromatic amines is 1. The summed E-state index contributed by atoms with van der Waals surface area (Å²) < 4.78 is 5.37. The van der Waals surface area contributed by atoms with Gasteiger partial charge in [0.1, 0.15) is 6.10 Å². The van der Waals surface area contributed by atoms with E-state index in [1.807, 2.05) is 0 Å². The first-order chi connectivity index (χ1) is 12.7. The molecule has 4 heteroatoms. The summed E-state index contributed by atoms with van der Waals surface area (Å²) in [5.41, 5.74) is 2.76. The van der Waals surface area contributed by atoms with Crippen LogP contribution in [0.4, 0.5) is 0 Å². The van der Waals surface area contributed by atoms with Crippen LogP contribution >= 0.6 is 0 Å². The number of H-pyrrole nitrogens is 1. The predicted molar refractivity (Wildman–Crippen MR) is 104 cm³/mol. The zero-order valence-corrected chi connectivity index (χ0v) is 15.7. The topological polar surface area (TPSA) is 45.3 Å². The van der Waals surface area contributed by atoms with Crippen LogP contribution in [0.5, 0.6) is 0 Å². The lowest BCUT2D eigenvalue weighted by Gasteiger charge is -2.32. The summed E-state index contributed by atoms with van der Waals surface area (Å²) in [7, 11) is 0. The summed E-state index contributed by atoms with van der Waals surface area (Å²) in [5.74, 6) is 1.28. The minimum atomic E-state index is -0.130. The van der Waals surface area contributed by atoms with Gasteiger partial charge in [-0.1, -0.05) is 18.2 Å². The zero-order valence-electron chi connectivity index (χ0n) is 15.7. The van der Waals surface area contributed by atoms with Gasteiger partial charge in [-0.15, -0.1) is 0 Å². The second kappa shape index (κ2) is 7.83. The van der Waals surface area contributed by atoms with E-state index >= 15 is 0 Å². The van der Waals surface area contributed by atoms with Crippen molar-refractivity contribution in [3.8, 4) is 0 Å². The number of carbonyl (C=O) groups excluding carboxylic acids is 1. The van der Waals surface area contributed by atoms with Crippen molar-refractivity contribution in [2.45, 2.75) is 57.5 Å². The molecule has 2 aromatic rings. The Labute approximate surface area is 155 Å². The number of nitrogens with one attached hydrogen (secondary N) is 1. The van der Waals surface area contributed by atoms with Gasteiger partial charge in [-0.2, -0.15) is 0 Å². The standard InChI is InChI=1S/C22H30N2O2/c1-16(25)26-19-7-6-17(14-19)8-11-24-12-9-18(10-13-24)21-15-23-22-5-3-2-4-20(21)22/h2-5,15,17-19,23H,6-14H2,1H3/t17-,19+/m1/s1. The third-order valence-corrected chi connectivity index (χ3v) is 6.33. The van der Waals surface area contributed by atoms with Gasteiger partial charge in [-0.25, -0.2) is 0 Å². The van der Waals surface area contributed by atoms with Gasteiger partial charge in [-0.3, -0.25) is 4.79 Å². The van der Waals surface area contributed by atoms with E-state index in [4.69, 9.17) is 4.74 Å². The van der Waals surface area contributed by atoms with Gasteiger partial charge in [0.25, 0.3) is 0 Å². The Bertz CT molecular complexity index is 745. The second-order valence-corrected chi connectivity index (χ2v) is 8.10. The number of hydrogen-bond acceptors (Lipinski definition) is 3. The molecule has 1 N–H and O–H groups in total. The van der Waals surface area contributed by atoms with Crippen LogP contribution in [0.3, 0.4) is 0 Å². The van der Waals surface area contributed by atoms with Crippen LogP contribution in [0.2, 0.25) is 0 Å². The molecule has 0 bridgehead atoms. The van der Waals surface area contributed by atoms with Crippen LogP contribution < -0.4 is 0 Å². The lowest BCUT2D eigenvalue weighted by atomic mass is 9.89. The first-order valence-electron chi connectivity index (χ1n) is 10.1. The SMILES string of the molecule is CC(=O)O[C@H]1CC[C@H](CCN2CCC(c3c[nH]c4ccccc34)CC2)C1. The van der Waals surface area contributed by atoms with Gasteiger partial charge < -0.3 is 14.6 Å². The molecule has 2 heterocycles. The van der Waals surface area contributed by atoms with Crippen molar-refractivity contribution in [3.05, 3.63) is 36.0 Å². The largest absolute Gasteiger partial charge is 0.463 e. The fourth-order valence-corrected chi connectivity index (χ4v) is 4.90. The van der Waals surface area contributed by atoms with Gasteiger partial charge in [0.05, 0.1) is 0 Å². The molecular formula is C22H30N2O2. The van der Waals surface area contributed by atoms with Gasteiger partial charge >= 0.3 is 5.97 Å². The van der Waals surface area contributed by atoms with E-state index in [9.17, 15) is 4.79 Å². The Hall–Kier alpha value is -1.81. The highest BCUT2D eigenvalue weighted by atomic mass is 16.5. The van der Waals surface area contributed by atoms with Crippen molar-refractivity contribution < 1.29 is 9.53 Å². The molecule has 1 aromatic carbocycles. The third-order valence-electron chi connectivity index (χ3n) is 6.33. The van der Waals surface area contributed by atoms with Crippen molar-refractivity contribution in [1.82, 2.24) is 9.88 Å². The molecule has 0 radical (unpaired) electrons. The average Bonchev–Trinajstić information content (AvgIpc) is 3.27. The summed E-state index contributed by atoms with van der Waals surface area (Å²) in [6, 6.07) is 8.64. The van der Waals surface area contributed by atoms with Crippen molar-refractivity contribution in [1.29, 1.82) is 0 Å². The summed E-state index contributed by atoms with van der Waals surface area (Å²) in [4.78, 5) is 17.1. The van der Waals surface area contributed by atoms with Crippen LogP contribution in [-0.2, 0) is 9.53 Å².